The van der Waals surface area contributed by atoms with E-state index in [1.165, 1.54) is 4.88 Å². The van der Waals surface area contributed by atoms with Gasteiger partial charge in [0, 0.05) is 12.5 Å². The van der Waals surface area contributed by atoms with E-state index in [-0.39, 0.29) is 18.0 Å². The van der Waals surface area contributed by atoms with Gasteiger partial charge in [0.2, 0.25) is 0 Å². The molecule has 0 spiro atoms. The fraction of sp³-hybridized carbons (Fsp3) is 0.353. The SMILES string of the molecule is Cc1nc2c(s1)[C@@H](C)N(C(=O)c1nc3c(Cl)cccc3[nH]1)[C@H](C)C2. The van der Waals surface area contributed by atoms with Crippen molar-refractivity contribution in [1.29, 1.82) is 0 Å². The number of H-pyrrole nitrogens is 1. The lowest BCUT2D eigenvalue weighted by Crippen LogP contribution is -2.45. The van der Waals surface area contributed by atoms with Crippen LogP contribution in [0.4, 0.5) is 0 Å². The van der Waals surface area contributed by atoms with Crippen LogP contribution in [-0.4, -0.2) is 31.8 Å². The third-order valence-electron chi connectivity index (χ3n) is 4.50. The van der Waals surface area contributed by atoms with Crippen LogP contribution in [0.1, 0.15) is 46.1 Å². The highest BCUT2D eigenvalue weighted by atomic mass is 35.5. The van der Waals surface area contributed by atoms with Crippen molar-refractivity contribution in [2.75, 3.05) is 0 Å². The van der Waals surface area contributed by atoms with E-state index in [1.807, 2.05) is 24.0 Å². The zero-order valence-electron chi connectivity index (χ0n) is 13.6. The molecule has 24 heavy (non-hydrogen) atoms. The molecule has 1 aliphatic rings. The highest BCUT2D eigenvalue weighted by Crippen LogP contribution is 2.37. The number of aryl methyl sites for hydroxylation is 1. The number of aromatic nitrogens is 3. The predicted molar refractivity (Wildman–Crippen MR) is 95.7 cm³/mol. The monoisotopic (exact) mass is 360 g/mol. The molecule has 7 heteroatoms. The Morgan fingerprint density at radius 1 is 1.38 bits per heavy atom. The third-order valence-corrected chi connectivity index (χ3v) is 5.98. The molecule has 0 bridgehead atoms. The number of amides is 1. The molecule has 0 unspecified atom stereocenters. The van der Waals surface area contributed by atoms with Crippen molar-refractivity contribution in [2.45, 2.75) is 39.3 Å². The smallest absolute Gasteiger partial charge is 0.290 e. The Morgan fingerprint density at radius 2 is 2.17 bits per heavy atom. The van der Waals surface area contributed by atoms with Crippen molar-refractivity contribution in [2.24, 2.45) is 0 Å². The Bertz CT molecular complexity index is 947. The van der Waals surface area contributed by atoms with Crippen LogP contribution in [0.15, 0.2) is 18.2 Å². The summed E-state index contributed by atoms with van der Waals surface area (Å²) < 4.78 is 0. The summed E-state index contributed by atoms with van der Waals surface area (Å²) in [5, 5.41) is 1.59. The van der Waals surface area contributed by atoms with Crippen molar-refractivity contribution in [1.82, 2.24) is 19.9 Å². The van der Waals surface area contributed by atoms with E-state index in [2.05, 4.69) is 28.8 Å². The Labute approximate surface area is 148 Å². The number of nitrogens with zero attached hydrogens (tertiary/aromatic N) is 3. The van der Waals surface area contributed by atoms with Crippen LogP contribution in [0.3, 0.4) is 0 Å². The minimum Gasteiger partial charge on any atom is -0.334 e. The minimum atomic E-state index is -0.0982. The van der Waals surface area contributed by atoms with E-state index in [1.54, 1.807) is 17.4 Å². The van der Waals surface area contributed by atoms with E-state index in [0.717, 1.165) is 22.6 Å². The molecular formula is C17H17ClN4OS. The average molecular weight is 361 g/mol. The molecule has 2 aromatic heterocycles. The quantitative estimate of drug-likeness (QED) is 0.709. The third kappa shape index (κ3) is 2.32. The van der Waals surface area contributed by atoms with Crippen molar-refractivity contribution in [3.63, 3.8) is 0 Å². The molecule has 5 nitrogen and oxygen atoms in total. The second-order valence-corrected chi connectivity index (χ2v) is 7.85. The first kappa shape index (κ1) is 15.6. The first-order chi connectivity index (χ1) is 11.5. The molecule has 3 aromatic rings. The summed E-state index contributed by atoms with van der Waals surface area (Å²) in [5.41, 5.74) is 2.53. The molecule has 0 saturated carbocycles. The maximum absolute atomic E-state index is 13.1. The zero-order valence-corrected chi connectivity index (χ0v) is 15.2. The lowest BCUT2D eigenvalue weighted by Gasteiger charge is -2.37. The second kappa shape index (κ2) is 5.57. The average Bonchev–Trinajstić information content (AvgIpc) is 3.11. The zero-order chi connectivity index (χ0) is 17.0. The first-order valence-electron chi connectivity index (χ1n) is 7.88. The summed E-state index contributed by atoms with van der Waals surface area (Å²) in [6.45, 7) is 6.12. The van der Waals surface area contributed by atoms with Gasteiger partial charge in [0.15, 0.2) is 5.82 Å². The number of carbonyl (C=O) groups is 1. The fourth-order valence-electron chi connectivity index (χ4n) is 3.44. The predicted octanol–water partition coefficient (Wildman–Crippen LogP) is 4.13. The molecule has 3 heterocycles. The van der Waals surface area contributed by atoms with Crippen molar-refractivity contribution < 1.29 is 4.79 Å². The Hall–Kier alpha value is -1.92. The van der Waals surface area contributed by atoms with Gasteiger partial charge in [0.05, 0.1) is 32.2 Å². The topological polar surface area (TPSA) is 61.9 Å². The molecule has 0 radical (unpaired) electrons. The molecule has 1 amide bonds. The molecule has 0 aliphatic carbocycles. The first-order valence-corrected chi connectivity index (χ1v) is 9.08. The number of imidazole rings is 1. The number of nitrogens with one attached hydrogen (secondary N) is 1. The molecule has 2 atom stereocenters. The number of hydrogen-bond donors (Lipinski definition) is 1. The van der Waals surface area contributed by atoms with Gasteiger partial charge in [-0.1, -0.05) is 17.7 Å². The molecular weight excluding hydrogens is 344 g/mol. The van der Waals surface area contributed by atoms with Crippen molar-refractivity contribution in [3.05, 3.63) is 44.6 Å². The van der Waals surface area contributed by atoms with Gasteiger partial charge in [0.1, 0.15) is 5.52 Å². The van der Waals surface area contributed by atoms with Gasteiger partial charge in [0.25, 0.3) is 5.91 Å². The summed E-state index contributed by atoms with van der Waals surface area (Å²) in [5.74, 6) is 0.237. The Kier molecular flexibility index (Phi) is 3.62. The number of rotatable bonds is 1. The number of fused-ring (bicyclic) bond motifs is 2. The lowest BCUT2D eigenvalue weighted by atomic mass is 9.99. The van der Waals surface area contributed by atoms with E-state index >= 15 is 0 Å². The molecule has 0 fully saturated rings. The van der Waals surface area contributed by atoms with Crippen LogP contribution < -0.4 is 0 Å². The minimum absolute atomic E-state index is 0.00821. The summed E-state index contributed by atoms with van der Waals surface area (Å²) in [6.07, 6.45) is 0.775. The van der Waals surface area contributed by atoms with Gasteiger partial charge in [-0.3, -0.25) is 4.79 Å². The lowest BCUT2D eigenvalue weighted by molar-refractivity contribution is 0.0572. The van der Waals surface area contributed by atoms with Gasteiger partial charge in [-0.15, -0.1) is 11.3 Å². The Morgan fingerprint density at radius 3 is 2.92 bits per heavy atom. The van der Waals surface area contributed by atoms with Crippen LogP contribution >= 0.6 is 22.9 Å². The van der Waals surface area contributed by atoms with Crippen LogP contribution in [-0.2, 0) is 6.42 Å². The Balaban J connectivity index is 1.74. The number of thiazole rings is 1. The number of aromatic amines is 1. The molecule has 1 aromatic carbocycles. The summed E-state index contributed by atoms with van der Waals surface area (Å²) in [6, 6.07) is 5.56. The molecule has 0 saturated heterocycles. The molecule has 1 aliphatic heterocycles. The maximum atomic E-state index is 13.1. The van der Waals surface area contributed by atoms with E-state index in [9.17, 15) is 4.79 Å². The number of para-hydroxylation sites is 1. The van der Waals surface area contributed by atoms with Gasteiger partial charge < -0.3 is 9.88 Å². The summed E-state index contributed by atoms with van der Waals surface area (Å²) in [7, 11) is 0. The summed E-state index contributed by atoms with van der Waals surface area (Å²) in [4.78, 5) is 28.3. The molecule has 124 valence electrons. The van der Waals surface area contributed by atoms with Gasteiger partial charge in [-0.05, 0) is 32.9 Å². The van der Waals surface area contributed by atoms with E-state index in [0.29, 0.717) is 16.4 Å². The van der Waals surface area contributed by atoms with Crippen molar-refractivity contribution >= 4 is 39.9 Å². The number of carbonyl (C=O) groups excluding carboxylic acids is 1. The van der Waals surface area contributed by atoms with Crippen LogP contribution in [0.2, 0.25) is 5.02 Å². The maximum Gasteiger partial charge on any atom is 0.290 e. The summed E-state index contributed by atoms with van der Waals surface area (Å²) >= 11 is 7.84. The van der Waals surface area contributed by atoms with Gasteiger partial charge >= 0.3 is 0 Å². The van der Waals surface area contributed by atoms with Gasteiger partial charge in [-0.25, -0.2) is 9.97 Å². The normalized spacial score (nSPS) is 20.4. The number of halogens is 1. The van der Waals surface area contributed by atoms with Crippen LogP contribution in [0, 0.1) is 6.92 Å². The largest absolute Gasteiger partial charge is 0.334 e. The highest BCUT2D eigenvalue weighted by molar-refractivity contribution is 7.11. The van der Waals surface area contributed by atoms with Gasteiger partial charge in [-0.2, -0.15) is 0 Å². The number of hydrogen-bond acceptors (Lipinski definition) is 4. The second-order valence-electron chi connectivity index (χ2n) is 6.21. The van der Waals surface area contributed by atoms with Crippen LogP contribution in [0.5, 0.6) is 0 Å². The fourth-order valence-corrected chi connectivity index (χ4v) is 4.66. The van der Waals surface area contributed by atoms with E-state index < -0.39 is 0 Å². The molecule has 1 N–H and O–H groups in total. The number of benzene rings is 1. The molecule has 4 rings (SSSR count). The van der Waals surface area contributed by atoms with Crippen LogP contribution in [0.25, 0.3) is 11.0 Å². The highest BCUT2D eigenvalue weighted by Gasteiger charge is 2.36. The van der Waals surface area contributed by atoms with E-state index in [4.69, 9.17) is 11.6 Å². The van der Waals surface area contributed by atoms with Crippen molar-refractivity contribution in [3.8, 4) is 0 Å². The standard InChI is InChI=1S/C17H17ClN4OS/c1-8-7-13-15(24-10(3)19-13)9(2)22(8)17(23)16-20-12-6-4-5-11(18)14(12)21-16/h4-6,8-9H,7H2,1-3H3,(H,20,21)/t8-,9-/m1/s1.